The summed E-state index contributed by atoms with van der Waals surface area (Å²) in [4.78, 5) is 2.44. The van der Waals surface area contributed by atoms with Gasteiger partial charge in [-0.1, -0.05) is 140 Å². The Morgan fingerprint density at radius 1 is 0.300 bits per heavy atom. The molecule has 0 amide bonds. The van der Waals surface area contributed by atoms with Crippen LogP contribution in [0.1, 0.15) is 0 Å². The van der Waals surface area contributed by atoms with Crippen molar-refractivity contribution in [2.45, 2.75) is 0 Å². The molecule has 2 nitrogen and oxygen atoms in total. The molecule has 9 aromatic carbocycles. The predicted octanol–water partition coefficient (Wildman–Crippen LogP) is 13.8. The van der Waals surface area contributed by atoms with Crippen LogP contribution in [0, 0.1) is 0 Å². The zero-order valence-electron chi connectivity index (χ0n) is 27.3. The minimum atomic E-state index is 0.913. The molecule has 2 heteroatoms. The highest BCUT2D eigenvalue weighted by atomic mass is 16.3. The Balaban J connectivity index is 1.31. The minimum Gasteiger partial charge on any atom is -0.456 e. The molecule has 0 atom stereocenters. The standard InChI is InChI=1S/C48H31NO/c1-3-14-32(15-4-1)34-18-11-20-36(30-34)49(37-21-12-19-35(31-37)33-16-5-2-6-17-33)43-26-13-25-39-41-28-29-45-48(42-24-9-10-27-44(42)50-45)47(41)40-23-8-7-22-38(40)46(39)43/h1-31H. The van der Waals surface area contributed by atoms with Gasteiger partial charge in [-0.05, 0) is 92.3 Å². The van der Waals surface area contributed by atoms with Crippen molar-refractivity contribution in [1.82, 2.24) is 0 Å². The molecular weight excluding hydrogens is 607 g/mol. The topological polar surface area (TPSA) is 16.4 Å². The van der Waals surface area contributed by atoms with Gasteiger partial charge in [0.1, 0.15) is 11.2 Å². The Morgan fingerprint density at radius 2 is 0.780 bits per heavy atom. The zero-order chi connectivity index (χ0) is 33.0. The SMILES string of the molecule is c1ccc(-c2cccc(N(c3cccc(-c4ccccc4)c3)c3cccc4c5ccc6oc7ccccc7c6c5c5ccccc5c34)c2)cc1. The van der Waals surface area contributed by atoms with Crippen LogP contribution in [0.2, 0.25) is 0 Å². The minimum absolute atomic E-state index is 0.913. The van der Waals surface area contributed by atoms with E-state index in [0.29, 0.717) is 0 Å². The van der Waals surface area contributed by atoms with Crippen molar-refractivity contribution in [3.63, 3.8) is 0 Å². The van der Waals surface area contributed by atoms with Gasteiger partial charge in [0, 0.05) is 32.9 Å². The van der Waals surface area contributed by atoms with Crippen molar-refractivity contribution >= 4 is 71.3 Å². The Bertz CT molecular complexity index is 2760. The lowest BCUT2D eigenvalue weighted by molar-refractivity contribution is 0.669. The largest absolute Gasteiger partial charge is 0.456 e. The van der Waals surface area contributed by atoms with E-state index in [1.54, 1.807) is 0 Å². The number of hydrogen-bond donors (Lipinski definition) is 0. The molecule has 1 heterocycles. The van der Waals surface area contributed by atoms with Crippen molar-refractivity contribution in [3.05, 3.63) is 188 Å². The maximum atomic E-state index is 6.39. The summed E-state index contributed by atoms with van der Waals surface area (Å²) >= 11 is 0. The molecule has 234 valence electrons. The molecular formula is C48H31NO. The molecule has 0 saturated carbocycles. The lowest BCUT2D eigenvalue weighted by atomic mass is 9.90. The molecule has 0 saturated heterocycles. The molecule has 0 aliphatic rings. The maximum Gasteiger partial charge on any atom is 0.136 e. The van der Waals surface area contributed by atoms with Gasteiger partial charge in [-0.25, -0.2) is 0 Å². The smallest absolute Gasteiger partial charge is 0.136 e. The number of anilines is 3. The summed E-state index contributed by atoms with van der Waals surface area (Å²) in [6.45, 7) is 0. The third-order valence-electron chi connectivity index (χ3n) is 10.0. The van der Waals surface area contributed by atoms with Gasteiger partial charge in [0.2, 0.25) is 0 Å². The molecule has 0 aliphatic carbocycles. The Morgan fingerprint density at radius 3 is 1.42 bits per heavy atom. The molecule has 10 aromatic rings. The van der Waals surface area contributed by atoms with E-state index < -0.39 is 0 Å². The van der Waals surface area contributed by atoms with Crippen LogP contribution in [0.4, 0.5) is 17.1 Å². The number of rotatable bonds is 5. The number of para-hydroxylation sites is 1. The van der Waals surface area contributed by atoms with E-state index in [1.807, 2.05) is 6.07 Å². The molecule has 0 aliphatic heterocycles. The van der Waals surface area contributed by atoms with Gasteiger partial charge in [-0.3, -0.25) is 0 Å². The van der Waals surface area contributed by atoms with Crippen molar-refractivity contribution in [3.8, 4) is 22.3 Å². The first-order valence-electron chi connectivity index (χ1n) is 17.1. The summed E-state index contributed by atoms with van der Waals surface area (Å²) in [5.74, 6) is 0. The van der Waals surface area contributed by atoms with Crippen molar-refractivity contribution in [2.75, 3.05) is 4.90 Å². The van der Waals surface area contributed by atoms with Gasteiger partial charge in [0.15, 0.2) is 0 Å². The van der Waals surface area contributed by atoms with Crippen LogP contribution < -0.4 is 4.90 Å². The molecule has 0 unspecified atom stereocenters. The Hall–Kier alpha value is -6.64. The second-order valence-corrected chi connectivity index (χ2v) is 12.9. The molecule has 0 radical (unpaired) electrons. The van der Waals surface area contributed by atoms with E-state index >= 15 is 0 Å². The third-order valence-corrected chi connectivity index (χ3v) is 10.0. The van der Waals surface area contributed by atoms with Crippen LogP contribution in [-0.2, 0) is 0 Å². The fraction of sp³-hybridized carbons (Fsp3) is 0. The first-order valence-corrected chi connectivity index (χ1v) is 17.1. The van der Waals surface area contributed by atoms with E-state index in [-0.39, 0.29) is 0 Å². The van der Waals surface area contributed by atoms with Gasteiger partial charge in [0.25, 0.3) is 0 Å². The maximum absolute atomic E-state index is 6.39. The van der Waals surface area contributed by atoms with Gasteiger partial charge < -0.3 is 9.32 Å². The van der Waals surface area contributed by atoms with Crippen LogP contribution >= 0.6 is 0 Å². The van der Waals surface area contributed by atoms with Gasteiger partial charge in [0.05, 0.1) is 5.69 Å². The summed E-state index contributed by atoms with van der Waals surface area (Å²) in [7, 11) is 0. The summed E-state index contributed by atoms with van der Waals surface area (Å²) in [6.07, 6.45) is 0. The number of furan rings is 1. The van der Waals surface area contributed by atoms with Gasteiger partial charge in [-0.15, -0.1) is 0 Å². The Kier molecular flexibility index (Phi) is 6.53. The average molecular weight is 638 g/mol. The molecule has 0 N–H and O–H groups in total. The predicted molar refractivity (Wildman–Crippen MR) is 212 cm³/mol. The van der Waals surface area contributed by atoms with E-state index in [0.717, 1.165) is 33.6 Å². The van der Waals surface area contributed by atoms with Gasteiger partial charge >= 0.3 is 0 Å². The number of hydrogen-bond acceptors (Lipinski definition) is 2. The van der Waals surface area contributed by atoms with E-state index in [9.17, 15) is 0 Å². The highest BCUT2D eigenvalue weighted by Crippen LogP contribution is 2.48. The third kappa shape index (κ3) is 4.50. The highest BCUT2D eigenvalue weighted by Gasteiger charge is 2.22. The van der Waals surface area contributed by atoms with E-state index in [2.05, 4.69) is 187 Å². The van der Waals surface area contributed by atoms with Crippen LogP contribution in [0.15, 0.2) is 192 Å². The molecule has 0 fully saturated rings. The number of benzene rings is 9. The molecule has 50 heavy (non-hydrogen) atoms. The lowest BCUT2D eigenvalue weighted by Gasteiger charge is -2.28. The molecule has 0 bridgehead atoms. The highest BCUT2D eigenvalue weighted by molar-refractivity contribution is 6.36. The fourth-order valence-electron chi connectivity index (χ4n) is 7.81. The summed E-state index contributed by atoms with van der Waals surface area (Å²) in [5, 5.41) is 9.63. The lowest BCUT2D eigenvalue weighted by Crippen LogP contribution is -2.11. The van der Waals surface area contributed by atoms with Crippen molar-refractivity contribution in [2.24, 2.45) is 0 Å². The second kappa shape index (κ2) is 11.5. The molecule has 0 spiro atoms. The number of fused-ring (bicyclic) bond motifs is 10. The van der Waals surface area contributed by atoms with Crippen molar-refractivity contribution < 1.29 is 4.42 Å². The summed E-state index contributed by atoms with van der Waals surface area (Å²) < 4.78 is 6.39. The van der Waals surface area contributed by atoms with E-state index in [1.165, 1.54) is 60.0 Å². The van der Waals surface area contributed by atoms with Crippen LogP contribution in [0.5, 0.6) is 0 Å². The van der Waals surface area contributed by atoms with Crippen LogP contribution in [0.25, 0.3) is 76.5 Å². The van der Waals surface area contributed by atoms with E-state index in [4.69, 9.17) is 4.42 Å². The Labute approximate surface area is 290 Å². The molecule has 10 rings (SSSR count). The van der Waals surface area contributed by atoms with Crippen LogP contribution in [0.3, 0.4) is 0 Å². The van der Waals surface area contributed by atoms with Crippen molar-refractivity contribution in [1.29, 1.82) is 0 Å². The summed E-state index contributed by atoms with van der Waals surface area (Å²) in [6, 6.07) is 67.5. The zero-order valence-corrected chi connectivity index (χ0v) is 27.3. The van der Waals surface area contributed by atoms with Crippen LogP contribution in [-0.4, -0.2) is 0 Å². The van der Waals surface area contributed by atoms with Gasteiger partial charge in [-0.2, -0.15) is 0 Å². The summed E-state index contributed by atoms with van der Waals surface area (Å²) in [5.41, 5.74) is 9.90. The first-order chi connectivity index (χ1) is 24.8. The second-order valence-electron chi connectivity index (χ2n) is 12.9. The molecule has 1 aromatic heterocycles. The fourth-order valence-corrected chi connectivity index (χ4v) is 7.81. The quantitative estimate of drug-likeness (QED) is 0.175. The average Bonchev–Trinajstić information content (AvgIpc) is 3.58. The normalized spacial score (nSPS) is 11.6. The number of nitrogens with zero attached hydrogens (tertiary/aromatic N) is 1. The monoisotopic (exact) mass is 637 g/mol. The first kappa shape index (κ1) is 28.4.